The van der Waals surface area contributed by atoms with Crippen LogP contribution in [0.15, 0.2) is 48.9 Å². The summed E-state index contributed by atoms with van der Waals surface area (Å²) in [7, 11) is 0. The van der Waals surface area contributed by atoms with Crippen LogP contribution in [0.1, 0.15) is 147 Å². The van der Waals surface area contributed by atoms with Gasteiger partial charge in [-0.2, -0.15) is 0 Å². The standard InChI is InChI=1S/C37H57BO2/c1-10-13-15-17-23-39-33-19-20-36(40-24-18-16-14-11-2)31(25-33)21-22-38(12-3)37-34(29(6)7)26-32(28(4)5)27-35(37)30(8)9/h12,19-22,25-30H,3,10-11,13-18,23-24H2,1-2,4-9H3/b22-21+. The fourth-order valence-corrected chi connectivity index (χ4v) is 5.20. The second-order valence-corrected chi connectivity index (χ2v) is 12.2. The maximum absolute atomic E-state index is 6.30. The smallest absolute Gasteiger partial charge is 0.226 e. The fourth-order valence-electron chi connectivity index (χ4n) is 5.20. The molecular weight excluding hydrogens is 487 g/mol. The lowest BCUT2D eigenvalue weighted by Crippen LogP contribution is -2.35. The first-order valence-electron chi connectivity index (χ1n) is 16.1. The van der Waals surface area contributed by atoms with Crippen molar-refractivity contribution in [1.29, 1.82) is 0 Å². The van der Waals surface area contributed by atoms with Crippen molar-refractivity contribution in [2.45, 2.75) is 125 Å². The van der Waals surface area contributed by atoms with Crippen molar-refractivity contribution in [3.05, 3.63) is 71.1 Å². The third-order valence-corrected chi connectivity index (χ3v) is 7.75. The molecule has 0 unspecified atom stereocenters. The minimum Gasteiger partial charge on any atom is -0.494 e. The van der Waals surface area contributed by atoms with Crippen LogP contribution in [0.5, 0.6) is 11.5 Å². The summed E-state index contributed by atoms with van der Waals surface area (Å²) < 4.78 is 12.5. The number of hydrogen-bond donors (Lipinski definition) is 0. The van der Waals surface area contributed by atoms with E-state index >= 15 is 0 Å². The van der Waals surface area contributed by atoms with Crippen molar-refractivity contribution in [3.8, 4) is 11.5 Å². The normalized spacial score (nSPS) is 11.7. The molecule has 0 spiro atoms. The van der Waals surface area contributed by atoms with Gasteiger partial charge in [-0.1, -0.05) is 118 Å². The van der Waals surface area contributed by atoms with Crippen molar-refractivity contribution in [2.75, 3.05) is 13.2 Å². The van der Waals surface area contributed by atoms with E-state index in [2.05, 4.69) is 110 Å². The molecule has 2 nitrogen and oxygen atoms in total. The second-order valence-electron chi connectivity index (χ2n) is 12.2. The van der Waals surface area contributed by atoms with Crippen molar-refractivity contribution in [3.63, 3.8) is 0 Å². The molecule has 3 heteroatoms. The quantitative estimate of drug-likeness (QED) is 0.129. The number of benzene rings is 2. The van der Waals surface area contributed by atoms with Crippen LogP contribution in [0.25, 0.3) is 6.08 Å². The third-order valence-electron chi connectivity index (χ3n) is 7.75. The van der Waals surface area contributed by atoms with Gasteiger partial charge in [0.05, 0.1) is 13.2 Å². The SMILES string of the molecule is C=CB(/C=C/c1cc(OCCCCCC)ccc1OCCCCCC)c1c(C(C)C)cc(C(C)C)cc1C(C)C. The van der Waals surface area contributed by atoms with Gasteiger partial charge >= 0.3 is 0 Å². The molecule has 0 fully saturated rings. The summed E-state index contributed by atoms with van der Waals surface area (Å²) in [5.41, 5.74) is 6.77. The molecule has 0 saturated heterocycles. The molecule has 0 aromatic heterocycles. The predicted octanol–water partition coefficient (Wildman–Crippen LogP) is 10.7. The molecule has 40 heavy (non-hydrogen) atoms. The Morgan fingerprint density at radius 1 is 0.725 bits per heavy atom. The van der Waals surface area contributed by atoms with Crippen LogP contribution in [-0.2, 0) is 0 Å². The van der Waals surface area contributed by atoms with Crippen molar-refractivity contribution >= 4 is 18.3 Å². The molecule has 0 N–H and O–H groups in total. The van der Waals surface area contributed by atoms with E-state index in [1.807, 2.05) is 0 Å². The molecule has 2 rings (SSSR count). The molecule has 0 heterocycles. The zero-order valence-corrected chi connectivity index (χ0v) is 27.0. The molecule has 0 radical (unpaired) electrons. The van der Waals surface area contributed by atoms with Gasteiger partial charge in [0, 0.05) is 5.56 Å². The Hall–Kier alpha value is -2.42. The number of rotatable bonds is 19. The summed E-state index contributed by atoms with van der Waals surface area (Å²) >= 11 is 0. The summed E-state index contributed by atoms with van der Waals surface area (Å²) in [5.74, 6) is 7.62. The monoisotopic (exact) mass is 544 g/mol. The fraction of sp³-hybridized carbons (Fsp3) is 0.568. The van der Waals surface area contributed by atoms with E-state index in [9.17, 15) is 0 Å². The Bertz CT molecular complexity index is 1020. The maximum atomic E-state index is 6.30. The van der Waals surface area contributed by atoms with E-state index in [0.29, 0.717) is 17.8 Å². The van der Waals surface area contributed by atoms with Crippen LogP contribution in [0.2, 0.25) is 0 Å². The average molecular weight is 545 g/mol. The van der Waals surface area contributed by atoms with Crippen LogP contribution in [0.4, 0.5) is 0 Å². The second kappa shape index (κ2) is 18.1. The van der Waals surface area contributed by atoms with Gasteiger partial charge in [-0.25, -0.2) is 0 Å². The average Bonchev–Trinajstić information content (AvgIpc) is 2.93. The molecule has 2 aromatic rings. The Labute approximate surface area is 247 Å². The van der Waals surface area contributed by atoms with Crippen LogP contribution in [0, 0.1) is 0 Å². The number of ether oxygens (including phenoxy) is 2. The van der Waals surface area contributed by atoms with Crippen molar-refractivity contribution < 1.29 is 9.47 Å². The minimum atomic E-state index is 0.118. The maximum Gasteiger partial charge on any atom is 0.226 e. The first-order valence-corrected chi connectivity index (χ1v) is 16.1. The van der Waals surface area contributed by atoms with E-state index < -0.39 is 0 Å². The van der Waals surface area contributed by atoms with Crippen LogP contribution in [0.3, 0.4) is 0 Å². The zero-order chi connectivity index (χ0) is 29.5. The third kappa shape index (κ3) is 10.5. The zero-order valence-electron chi connectivity index (χ0n) is 27.0. The van der Waals surface area contributed by atoms with Gasteiger partial charge in [0.1, 0.15) is 11.5 Å². The molecule has 0 aliphatic carbocycles. The largest absolute Gasteiger partial charge is 0.494 e. The molecule has 0 atom stereocenters. The lowest BCUT2D eigenvalue weighted by atomic mass is 9.42. The highest BCUT2D eigenvalue weighted by molar-refractivity contribution is 6.83. The van der Waals surface area contributed by atoms with Gasteiger partial charge in [-0.05, 0) is 65.5 Å². The Balaban J connectivity index is 2.43. The van der Waals surface area contributed by atoms with Crippen LogP contribution >= 0.6 is 0 Å². The van der Waals surface area contributed by atoms with Crippen LogP contribution in [-0.4, -0.2) is 19.9 Å². The highest BCUT2D eigenvalue weighted by Crippen LogP contribution is 2.29. The topological polar surface area (TPSA) is 18.5 Å². The minimum absolute atomic E-state index is 0.118. The van der Waals surface area contributed by atoms with E-state index in [-0.39, 0.29) is 6.71 Å². The van der Waals surface area contributed by atoms with E-state index in [0.717, 1.165) is 43.1 Å². The van der Waals surface area contributed by atoms with E-state index in [1.165, 1.54) is 60.7 Å². The summed E-state index contributed by atoms with van der Waals surface area (Å²) in [6.07, 6.45) is 11.8. The first-order chi connectivity index (χ1) is 19.2. The lowest BCUT2D eigenvalue weighted by molar-refractivity contribution is 0.296. The molecule has 0 bridgehead atoms. The van der Waals surface area contributed by atoms with Gasteiger partial charge in [0.2, 0.25) is 6.71 Å². The summed E-state index contributed by atoms with van der Waals surface area (Å²) in [6, 6.07) is 11.1. The van der Waals surface area contributed by atoms with Crippen LogP contribution < -0.4 is 14.9 Å². The van der Waals surface area contributed by atoms with Crippen molar-refractivity contribution in [1.82, 2.24) is 0 Å². The predicted molar refractivity (Wildman–Crippen MR) is 179 cm³/mol. The van der Waals surface area contributed by atoms with Gasteiger partial charge < -0.3 is 9.47 Å². The molecule has 0 saturated carbocycles. The summed E-state index contributed by atoms with van der Waals surface area (Å²) in [6.45, 7) is 24.2. The Kier molecular flexibility index (Phi) is 15.3. The number of hydrogen-bond acceptors (Lipinski definition) is 2. The van der Waals surface area contributed by atoms with E-state index in [1.54, 1.807) is 0 Å². The van der Waals surface area contributed by atoms with Gasteiger partial charge in [0.15, 0.2) is 0 Å². The van der Waals surface area contributed by atoms with Crippen molar-refractivity contribution in [2.24, 2.45) is 0 Å². The van der Waals surface area contributed by atoms with E-state index in [4.69, 9.17) is 9.47 Å². The Morgan fingerprint density at radius 2 is 1.30 bits per heavy atom. The highest BCUT2D eigenvalue weighted by atomic mass is 16.5. The Morgan fingerprint density at radius 3 is 1.80 bits per heavy atom. The molecular formula is C37H57BO2. The molecule has 0 aliphatic heterocycles. The molecule has 0 amide bonds. The molecule has 220 valence electrons. The first kappa shape index (κ1) is 33.8. The lowest BCUT2D eigenvalue weighted by Gasteiger charge is -2.25. The summed E-state index contributed by atoms with van der Waals surface area (Å²) in [4.78, 5) is 0. The summed E-state index contributed by atoms with van der Waals surface area (Å²) in [5, 5.41) is 0. The van der Waals surface area contributed by atoms with Gasteiger partial charge in [0.25, 0.3) is 0 Å². The number of unbranched alkanes of at least 4 members (excludes halogenated alkanes) is 6. The van der Waals surface area contributed by atoms with Gasteiger partial charge in [-0.3, -0.25) is 0 Å². The van der Waals surface area contributed by atoms with Gasteiger partial charge in [-0.15, -0.1) is 18.5 Å². The molecule has 2 aromatic carbocycles. The molecule has 0 aliphatic rings. The highest BCUT2D eigenvalue weighted by Gasteiger charge is 2.23.